The second-order valence-electron chi connectivity index (χ2n) is 7.47. The average Bonchev–Trinajstić information content (AvgIpc) is 3.02. The number of amides is 1. The van der Waals surface area contributed by atoms with Crippen LogP contribution in [0.3, 0.4) is 0 Å². The maximum Gasteiger partial charge on any atom is 0.251 e. The van der Waals surface area contributed by atoms with Crippen LogP contribution in [-0.2, 0) is 6.54 Å². The Kier molecular flexibility index (Phi) is 6.34. The van der Waals surface area contributed by atoms with Crippen LogP contribution in [0.1, 0.15) is 41.8 Å². The van der Waals surface area contributed by atoms with E-state index in [4.69, 9.17) is 0 Å². The zero-order chi connectivity index (χ0) is 21.0. The Hall–Kier alpha value is -3.12. The van der Waals surface area contributed by atoms with Crippen LogP contribution in [0.15, 0.2) is 47.5 Å². The van der Waals surface area contributed by atoms with Gasteiger partial charge in [0, 0.05) is 29.6 Å². The maximum atomic E-state index is 12.3. The first-order valence-electron chi connectivity index (χ1n) is 9.81. The predicted molar refractivity (Wildman–Crippen MR) is 118 cm³/mol. The van der Waals surface area contributed by atoms with Gasteiger partial charge in [0.15, 0.2) is 5.88 Å². The molecule has 1 heterocycles. The van der Waals surface area contributed by atoms with Crippen LogP contribution >= 0.6 is 0 Å². The first-order chi connectivity index (χ1) is 13.9. The number of aromatic amines is 1. The largest absolute Gasteiger partial charge is 0.494 e. The molecule has 3 rings (SSSR count). The van der Waals surface area contributed by atoms with Gasteiger partial charge in [-0.1, -0.05) is 19.1 Å². The number of nitrogens with zero attached hydrogens (tertiary/aromatic N) is 2. The molecule has 0 fully saturated rings. The molecule has 0 unspecified atom stereocenters. The van der Waals surface area contributed by atoms with E-state index < -0.39 is 0 Å². The van der Waals surface area contributed by atoms with Gasteiger partial charge in [0.1, 0.15) is 0 Å². The molecule has 6 heteroatoms. The highest BCUT2D eigenvalue weighted by atomic mass is 16.3. The summed E-state index contributed by atoms with van der Waals surface area (Å²) in [5.74, 6) is -0.0666. The van der Waals surface area contributed by atoms with Crippen LogP contribution in [0.2, 0.25) is 0 Å². The van der Waals surface area contributed by atoms with E-state index in [0.29, 0.717) is 23.4 Å². The van der Waals surface area contributed by atoms with E-state index in [9.17, 15) is 9.90 Å². The molecular weight excluding hydrogens is 364 g/mol. The van der Waals surface area contributed by atoms with Crippen molar-refractivity contribution in [2.45, 2.75) is 26.8 Å². The van der Waals surface area contributed by atoms with Gasteiger partial charge in [0.25, 0.3) is 5.91 Å². The molecule has 152 valence electrons. The molecule has 0 saturated heterocycles. The van der Waals surface area contributed by atoms with Crippen molar-refractivity contribution in [3.05, 3.63) is 59.2 Å². The highest BCUT2D eigenvalue weighted by molar-refractivity contribution is 6.13. The molecule has 0 atom stereocenters. The second-order valence-corrected chi connectivity index (χ2v) is 7.47. The van der Waals surface area contributed by atoms with Crippen molar-refractivity contribution in [3.63, 3.8) is 0 Å². The fourth-order valence-corrected chi connectivity index (χ4v) is 3.32. The van der Waals surface area contributed by atoms with Crippen molar-refractivity contribution < 1.29 is 9.90 Å². The highest BCUT2D eigenvalue weighted by Gasteiger charge is 2.16. The summed E-state index contributed by atoms with van der Waals surface area (Å²) in [4.78, 5) is 22.1. The summed E-state index contributed by atoms with van der Waals surface area (Å²) < 4.78 is 0. The standard InChI is InChI=1S/C23H28N4O2/c1-5-12-24-22(28)17-8-11-20-19(13-17)21(23(29)26-20)15(2)25-18-9-6-16(7-10-18)14-27(3)4/h6-11,13,26,29H,5,12,14H2,1-4H3,(H,24,28). The van der Waals surface area contributed by atoms with Gasteiger partial charge in [-0.15, -0.1) is 0 Å². The van der Waals surface area contributed by atoms with E-state index >= 15 is 0 Å². The summed E-state index contributed by atoms with van der Waals surface area (Å²) in [6, 6.07) is 13.4. The fraction of sp³-hybridized carbons (Fsp3) is 0.304. The number of H-pyrrole nitrogens is 1. The van der Waals surface area contributed by atoms with Gasteiger partial charge < -0.3 is 20.3 Å². The molecule has 6 nitrogen and oxygen atoms in total. The molecule has 3 N–H and O–H groups in total. The van der Waals surface area contributed by atoms with Crippen LogP contribution in [0.4, 0.5) is 5.69 Å². The molecule has 3 aromatic rings. The number of aromatic nitrogens is 1. The minimum absolute atomic E-state index is 0.0524. The van der Waals surface area contributed by atoms with Crippen LogP contribution in [0, 0.1) is 0 Å². The topological polar surface area (TPSA) is 80.7 Å². The van der Waals surface area contributed by atoms with Gasteiger partial charge in [-0.25, -0.2) is 0 Å². The van der Waals surface area contributed by atoms with Crippen molar-refractivity contribution in [2.24, 2.45) is 4.99 Å². The van der Waals surface area contributed by atoms with Gasteiger partial charge in [-0.3, -0.25) is 9.79 Å². The third-order valence-corrected chi connectivity index (χ3v) is 4.67. The Morgan fingerprint density at radius 3 is 2.55 bits per heavy atom. The molecule has 2 aromatic carbocycles. The van der Waals surface area contributed by atoms with Crippen molar-refractivity contribution in [3.8, 4) is 5.88 Å². The van der Waals surface area contributed by atoms with Crippen molar-refractivity contribution >= 4 is 28.2 Å². The summed E-state index contributed by atoms with van der Waals surface area (Å²) in [5, 5.41) is 14.1. The summed E-state index contributed by atoms with van der Waals surface area (Å²) in [7, 11) is 4.07. The summed E-state index contributed by atoms with van der Waals surface area (Å²) >= 11 is 0. The van der Waals surface area contributed by atoms with E-state index in [1.54, 1.807) is 12.1 Å². The Morgan fingerprint density at radius 2 is 1.90 bits per heavy atom. The van der Waals surface area contributed by atoms with Gasteiger partial charge in [-0.2, -0.15) is 0 Å². The Bertz CT molecular complexity index is 1030. The first-order valence-corrected chi connectivity index (χ1v) is 9.81. The third-order valence-electron chi connectivity index (χ3n) is 4.67. The molecule has 0 aliphatic rings. The molecule has 0 radical (unpaired) electrons. The van der Waals surface area contributed by atoms with Gasteiger partial charge in [0.05, 0.1) is 17.0 Å². The van der Waals surface area contributed by atoms with Gasteiger partial charge in [-0.05, 0) is 63.3 Å². The summed E-state index contributed by atoms with van der Waals surface area (Å²) in [6.45, 7) is 5.38. The van der Waals surface area contributed by atoms with Crippen molar-refractivity contribution in [1.82, 2.24) is 15.2 Å². The number of rotatable bonds is 7. The van der Waals surface area contributed by atoms with Crippen molar-refractivity contribution in [1.29, 1.82) is 0 Å². The van der Waals surface area contributed by atoms with E-state index in [1.165, 1.54) is 5.56 Å². The average molecular weight is 393 g/mol. The third kappa shape index (κ3) is 4.84. The van der Waals surface area contributed by atoms with Crippen LogP contribution < -0.4 is 5.32 Å². The SMILES string of the molecule is CCCNC(=O)c1ccc2[nH]c(O)c(C(C)=Nc3ccc(CN(C)C)cc3)c2c1. The number of benzene rings is 2. The quantitative estimate of drug-likeness (QED) is 0.527. The number of fused-ring (bicyclic) bond motifs is 1. The molecule has 0 aliphatic heterocycles. The molecule has 0 aliphatic carbocycles. The zero-order valence-corrected chi connectivity index (χ0v) is 17.4. The molecule has 0 spiro atoms. The number of carbonyl (C=O) groups is 1. The Labute approximate surface area is 171 Å². The number of hydrogen-bond donors (Lipinski definition) is 3. The molecule has 0 bridgehead atoms. The lowest BCUT2D eigenvalue weighted by Gasteiger charge is -2.09. The highest BCUT2D eigenvalue weighted by Crippen LogP contribution is 2.30. The molecule has 1 amide bonds. The Morgan fingerprint density at radius 1 is 1.17 bits per heavy atom. The second kappa shape index (κ2) is 8.92. The normalized spacial score (nSPS) is 12.0. The minimum Gasteiger partial charge on any atom is -0.494 e. The number of aromatic hydroxyl groups is 1. The molecule has 29 heavy (non-hydrogen) atoms. The molecular formula is C23H28N4O2. The molecule has 0 saturated carbocycles. The lowest BCUT2D eigenvalue weighted by Crippen LogP contribution is -2.23. The smallest absolute Gasteiger partial charge is 0.251 e. The molecule has 1 aromatic heterocycles. The van der Waals surface area contributed by atoms with Gasteiger partial charge >= 0.3 is 0 Å². The van der Waals surface area contributed by atoms with Crippen molar-refractivity contribution in [2.75, 3.05) is 20.6 Å². The minimum atomic E-state index is -0.119. The summed E-state index contributed by atoms with van der Waals surface area (Å²) in [5.41, 5.74) is 4.65. The number of hydrogen-bond acceptors (Lipinski definition) is 4. The summed E-state index contributed by atoms with van der Waals surface area (Å²) in [6.07, 6.45) is 0.878. The van der Waals surface area contributed by atoms with E-state index in [1.807, 2.05) is 46.1 Å². The lowest BCUT2D eigenvalue weighted by molar-refractivity contribution is 0.0954. The zero-order valence-electron chi connectivity index (χ0n) is 17.4. The predicted octanol–water partition coefficient (Wildman–Crippen LogP) is 4.22. The number of nitrogens with one attached hydrogen (secondary N) is 2. The lowest BCUT2D eigenvalue weighted by atomic mass is 10.1. The number of carbonyl (C=O) groups excluding carboxylic acids is 1. The van der Waals surface area contributed by atoms with Crippen LogP contribution in [-0.4, -0.2) is 47.2 Å². The monoisotopic (exact) mass is 392 g/mol. The van der Waals surface area contributed by atoms with Gasteiger partial charge in [0.2, 0.25) is 0 Å². The van der Waals surface area contributed by atoms with E-state index in [-0.39, 0.29) is 11.8 Å². The van der Waals surface area contributed by atoms with E-state index in [0.717, 1.165) is 29.6 Å². The maximum absolute atomic E-state index is 12.3. The Balaban J connectivity index is 1.94. The number of aliphatic imine (C=N–C) groups is 1. The van der Waals surface area contributed by atoms with E-state index in [2.05, 4.69) is 32.3 Å². The van der Waals surface area contributed by atoms with Crippen LogP contribution in [0.5, 0.6) is 5.88 Å². The fourth-order valence-electron chi connectivity index (χ4n) is 3.32. The first kappa shape index (κ1) is 20.6. The van der Waals surface area contributed by atoms with Crippen LogP contribution in [0.25, 0.3) is 10.9 Å².